The van der Waals surface area contributed by atoms with Gasteiger partial charge in [0.1, 0.15) is 0 Å². The van der Waals surface area contributed by atoms with E-state index in [0.717, 1.165) is 23.3 Å². The van der Waals surface area contributed by atoms with Gasteiger partial charge in [-0.2, -0.15) is 28.5 Å². The number of fused-ring (bicyclic) bond motifs is 1. The van der Waals surface area contributed by atoms with Gasteiger partial charge >= 0.3 is 6.18 Å². The lowest BCUT2D eigenvalue weighted by molar-refractivity contribution is -0.143. The second-order valence-electron chi connectivity index (χ2n) is 7.00. The molecule has 170 valence electrons. The minimum atomic E-state index is -4.93. The molecule has 0 unspecified atom stereocenters. The quantitative estimate of drug-likeness (QED) is 0.403. The predicted molar refractivity (Wildman–Crippen MR) is 111 cm³/mol. The normalized spacial score (nSPS) is 11.6. The fourth-order valence-electron chi connectivity index (χ4n) is 3.41. The van der Waals surface area contributed by atoms with Crippen LogP contribution in [-0.4, -0.2) is 40.6 Å². The molecule has 5 rings (SSSR count). The highest BCUT2D eigenvalue weighted by Crippen LogP contribution is 2.35. The third-order valence-corrected chi connectivity index (χ3v) is 4.85. The Kier molecular flexibility index (Phi) is 5.00. The highest BCUT2D eigenvalue weighted by Gasteiger charge is 2.41. The van der Waals surface area contributed by atoms with Crippen molar-refractivity contribution in [2.24, 2.45) is 0 Å². The van der Waals surface area contributed by atoms with Crippen molar-refractivity contribution in [3.8, 4) is 11.5 Å². The number of hydrogen-bond donors (Lipinski definition) is 1. The maximum Gasteiger partial charge on any atom is 0.434 e. The molecule has 0 saturated carbocycles. The van der Waals surface area contributed by atoms with E-state index >= 15 is 0 Å². The highest BCUT2D eigenvalue weighted by molar-refractivity contribution is 6.05. The first-order valence-electron chi connectivity index (χ1n) is 9.65. The molecule has 0 atom stereocenters. The molecule has 0 spiro atoms. The summed E-state index contributed by atoms with van der Waals surface area (Å²) in [5.41, 5.74) is -2.16. The number of amides is 1. The highest BCUT2D eigenvalue weighted by atomic mass is 19.4. The monoisotopic (exact) mass is 468 g/mol. The lowest BCUT2D eigenvalue weighted by Crippen LogP contribution is -2.21. The molecule has 0 aliphatic rings. The van der Waals surface area contributed by atoms with Crippen LogP contribution in [0.5, 0.6) is 0 Å². The van der Waals surface area contributed by atoms with Crippen molar-refractivity contribution >= 4 is 22.4 Å². The summed E-state index contributed by atoms with van der Waals surface area (Å²) in [6, 6.07) is 7.61. The fourth-order valence-corrected chi connectivity index (χ4v) is 3.41. The molecular formula is C21H12F4N8O. The summed E-state index contributed by atoms with van der Waals surface area (Å²) >= 11 is 0. The lowest BCUT2D eigenvalue weighted by atomic mass is 10.1. The van der Waals surface area contributed by atoms with Gasteiger partial charge in [-0.25, -0.2) is 14.1 Å². The molecule has 9 nitrogen and oxygen atoms in total. The summed E-state index contributed by atoms with van der Waals surface area (Å²) in [7, 11) is 0. The van der Waals surface area contributed by atoms with Crippen LogP contribution in [0.3, 0.4) is 0 Å². The number of carbonyl (C=O) groups excluding carboxylic acids is 1. The van der Waals surface area contributed by atoms with Gasteiger partial charge in [0.15, 0.2) is 11.5 Å². The van der Waals surface area contributed by atoms with E-state index in [4.69, 9.17) is 0 Å². The smallest absolute Gasteiger partial charge is 0.320 e. The van der Waals surface area contributed by atoms with Gasteiger partial charge in [-0.05, 0) is 0 Å². The van der Waals surface area contributed by atoms with Crippen LogP contribution in [0, 0.1) is 5.82 Å². The second-order valence-corrected chi connectivity index (χ2v) is 7.00. The molecule has 5 aromatic rings. The Morgan fingerprint density at radius 3 is 2.47 bits per heavy atom. The van der Waals surface area contributed by atoms with E-state index in [9.17, 15) is 22.4 Å². The van der Waals surface area contributed by atoms with Crippen LogP contribution in [0.4, 0.5) is 23.2 Å². The van der Waals surface area contributed by atoms with E-state index in [2.05, 4.69) is 30.6 Å². The second kappa shape index (κ2) is 8.03. The van der Waals surface area contributed by atoms with Gasteiger partial charge in [-0.3, -0.25) is 9.78 Å². The molecule has 0 bridgehead atoms. The van der Waals surface area contributed by atoms with Crippen molar-refractivity contribution in [3.63, 3.8) is 0 Å². The zero-order valence-corrected chi connectivity index (χ0v) is 16.9. The largest absolute Gasteiger partial charge is 0.434 e. The number of alkyl halides is 3. The number of benzene rings is 1. The molecule has 4 heterocycles. The van der Waals surface area contributed by atoms with Crippen LogP contribution in [0.1, 0.15) is 16.1 Å². The zero-order chi connectivity index (χ0) is 23.9. The van der Waals surface area contributed by atoms with Crippen molar-refractivity contribution in [3.05, 3.63) is 84.6 Å². The number of aromatic nitrogens is 7. The van der Waals surface area contributed by atoms with E-state index in [1.807, 2.05) is 0 Å². The van der Waals surface area contributed by atoms with Crippen LogP contribution in [0.25, 0.3) is 22.3 Å². The van der Waals surface area contributed by atoms with Crippen LogP contribution in [0.15, 0.2) is 67.5 Å². The SMILES string of the molecule is O=C(Nc1cnc(-n2nccn2)c(F)c1)c1cnn(-c2cncc3ccccc23)c1C(F)(F)F. The van der Waals surface area contributed by atoms with Crippen LogP contribution in [-0.2, 0) is 6.18 Å². The van der Waals surface area contributed by atoms with Crippen molar-refractivity contribution in [1.82, 2.24) is 34.7 Å². The van der Waals surface area contributed by atoms with E-state index in [1.54, 1.807) is 24.3 Å². The summed E-state index contributed by atoms with van der Waals surface area (Å²) < 4.78 is 57.2. The summed E-state index contributed by atoms with van der Waals surface area (Å²) in [5, 5.41) is 14.6. The van der Waals surface area contributed by atoms with E-state index < -0.39 is 29.2 Å². The van der Waals surface area contributed by atoms with Gasteiger partial charge in [0.05, 0.1) is 47.9 Å². The Morgan fingerprint density at radius 2 is 1.74 bits per heavy atom. The zero-order valence-electron chi connectivity index (χ0n) is 16.9. The Hall–Kier alpha value is -4.68. The Morgan fingerprint density at radius 1 is 0.971 bits per heavy atom. The number of halogens is 4. The lowest BCUT2D eigenvalue weighted by Gasteiger charge is -2.14. The first kappa shape index (κ1) is 21.2. The first-order chi connectivity index (χ1) is 16.3. The van der Waals surface area contributed by atoms with Gasteiger partial charge in [-0.15, -0.1) is 4.80 Å². The predicted octanol–water partition coefficient (Wildman–Crippen LogP) is 3.81. The van der Waals surface area contributed by atoms with Crippen LogP contribution >= 0.6 is 0 Å². The number of rotatable bonds is 4. The van der Waals surface area contributed by atoms with Crippen molar-refractivity contribution < 1.29 is 22.4 Å². The molecule has 0 fully saturated rings. The maximum absolute atomic E-state index is 14.4. The molecule has 0 saturated heterocycles. The topological polar surface area (TPSA) is 103 Å². The summed E-state index contributed by atoms with van der Waals surface area (Å²) in [4.78, 5) is 21.5. The minimum absolute atomic E-state index is 0.0493. The third kappa shape index (κ3) is 3.72. The van der Waals surface area contributed by atoms with Gasteiger partial charge < -0.3 is 5.32 Å². The number of nitrogens with zero attached hydrogens (tertiary/aromatic N) is 7. The number of carbonyl (C=O) groups is 1. The molecule has 1 amide bonds. The van der Waals surface area contributed by atoms with Crippen molar-refractivity contribution in [2.45, 2.75) is 6.18 Å². The number of hydrogen-bond acceptors (Lipinski definition) is 6. The Balaban J connectivity index is 1.53. The maximum atomic E-state index is 14.4. The first-order valence-corrected chi connectivity index (χ1v) is 9.65. The van der Waals surface area contributed by atoms with Crippen molar-refractivity contribution in [2.75, 3.05) is 5.32 Å². The number of anilines is 1. The van der Waals surface area contributed by atoms with Gasteiger partial charge in [-0.1, -0.05) is 24.3 Å². The van der Waals surface area contributed by atoms with Crippen molar-refractivity contribution in [1.29, 1.82) is 0 Å². The van der Waals surface area contributed by atoms with Gasteiger partial charge in [0, 0.05) is 23.0 Å². The van der Waals surface area contributed by atoms with Gasteiger partial charge in [0.2, 0.25) is 5.82 Å². The third-order valence-electron chi connectivity index (χ3n) is 4.85. The molecule has 4 aromatic heterocycles. The Bertz CT molecular complexity index is 1510. The molecule has 13 heteroatoms. The van der Waals surface area contributed by atoms with Crippen LogP contribution < -0.4 is 5.32 Å². The molecule has 1 N–H and O–H groups in total. The molecular weight excluding hydrogens is 456 g/mol. The van der Waals surface area contributed by atoms with E-state index in [1.165, 1.54) is 24.8 Å². The standard InChI is InChI=1S/C21H12F4N8O/c22-16-7-13(9-27-19(16)33-28-5-6-29-33)31-20(34)15-10-30-32(18(15)21(23,24)25)17-11-26-8-12-3-1-2-4-14(12)17/h1-11H,(H,31,34). The minimum Gasteiger partial charge on any atom is -0.320 e. The van der Waals surface area contributed by atoms with Crippen LogP contribution in [0.2, 0.25) is 0 Å². The average molecular weight is 468 g/mol. The van der Waals surface area contributed by atoms with Gasteiger partial charge in [0.25, 0.3) is 5.91 Å². The molecule has 34 heavy (non-hydrogen) atoms. The molecule has 0 radical (unpaired) electrons. The average Bonchev–Trinajstić information content (AvgIpc) is 3.49. The van der Waals surface area contributed by atoms with E-state index in [0.29, 0.717) is 15.5 Å². The molecule has 1 aromatic carbocycles. The molecule has 0 aliphatic carbocycles. The Labute approximate surface area is 187 Å². The fraction of sp³-hybridized carbons (Fsp3) is 0.0476. The number of pyridine rings is 2. The summed E-state index contributed by atoms with van der Waals surface area (Å²) in [6.07, 6.45) is 2.31. The van der Waals surface area contributed by atoms with E-state index in [-0.39, 0.29) is 17.2 Å². The number of nitrogens with one attached hydrogen (secondary N) is 1. The molecule has 0 aliphatic heterocycles. The summed E-state index contributed by atoms with van der Waals surface area (Å²) in [6.45, 7) is 0. The summed E-state index contributed by atoms with van der Waals surface area (Å²) in [5.74, 6) is -2.27.